The quantitative estimate of drug-likeness (QED) is 0.201. The van der Waals surface area contributed by atoms with Gasteiger partial charge in [-0.1, -0.05) is 97.1 Å². The molecule has 0 aromatic heterocycles. The lowest BCUT2D eigenvalue weighted by Crippen LogP contribution is -2.24. The van der Waals surface area contributed by atoms with Gasteiger partial charge in [0.25, 0.3) is 0 Å². The molecule has 0 atom stereocenters. The van der Waals surface area contributed by atoms with Gasteiger partial charge in [-0.25, -0.2) is 0 Å². The van der Waals surface area contributed by atoms with Crippen LogP contribution in [0.25, 0.3) is 0 Å². The molecule has 8 heteroatoms. The lowest BCUT2D eigenvalue weighted by atomic mass is 9.81. The topological polar surface area (TPSA) is 126 Å². The maximum atomic E-state index is 14.3. The molecule has 0 bridgehead atoms. The second kappa shape index (κ2) is 10.7. The summed E-state index contributed by atoms with van der Waals surface area (Å²) in [5, 5.41) is 6.54. The summed E-state index contributed by atoms with van der Waals surface area (Å²) in [7, 11) is 0. The minimum Gasteiger partial charge on any atom is -0.353 e. The van der Waals surface area contributed by atoms with Gasteiger partial charge in [-0.2, -0.15) is 0 Å². The predicted octanol–water partition coefficient (Wildman–Crippen LogP) is 7.50. The Morgan fingerprint density at radius 3 is 1.04 bits per heavy atom. The number of nitrogens with one attached hydrogen (secondary N) is 2. The van der Waals surface area contributed by atoms with Crippen LogP contribution in [0.1, 0.15) is 95.5 Å². The zero-order chi connectivity index (χ0) is 34.3. The van der Waals surface area contributed by atoms with Crippen molar-refractivity contribution in [3.63, 3.8) is 0 Å². The Morgan fingerprint density at radius 1 is 0.260 bits per heavy atom. The lowest BCUT2D eigenvalue weighted by Gasteiger charge is -2.26. The highest BCUT2D eigenvalue weighted by molar-refractivity contribution is 6.33. The van der Waals surface area contributed by atoms with Gasteiger partial charge in [0.2, 0.25) is 0 Å². The van der Waals surface area contributed by atoms with Gasteiger partial charge >= 0.3 is 0 Å². The van der Waals surface area contributed by atoms with Crippen LogP contribution in [0.15, 0.2) is 121 Å². The lowest BCUT2D eigenvalue weighted by molar-refractivity contribution is 0.0979. The van der Waals surface area contributed by atoms with E-state index in [2.05, 4.69) is 10.6 Å². The summed E-state index contributed by atoms with van der Waals surface area (Å²) < 4.78 is 0. The summed E-state index contributed by atoms with van der Waals surface area (Å²) in [6.45, 7) is 0. The van der Waals surface area contributed by atoms with Crippen LogP contribution in [-0.4, -0.2) is 34.7 Å². The van der Waals surface area contributed by atoms with Gasteiger partial charge < -0.3 is 10.6 Å². The smallest absolute Gasteiger partial charge is 0.196 e. The third-order valence-corrected chi connectivity index (χ3v) is 9.53. The Bertz CT molecular complexity index is 2620. The van der Waals surface area contributed by atoms with Gasteiger partial charge in [0, 0.05) is 50.1 Å². The number of carbonyl (C=O) groups is 6. The van der Waals surface area contributed by atoms with Crippen molar-refractivity contribution < 1.29 is 28.8 Å². The van der Waals surface area contributed by atoms with Gasteiger partial charge in [-0.3, -0.25) is 28.8 Å². The summed E-state index contributed by atoms with van der Waals surface area (Å²) in [6.07, 6.45) is 0. The van der Waals surface area contributed by atoms with E-state index in [1.807, 2.05) is 0 Å². The summed E-state index contributed by atoms with van der Waals surface area (Å²) in [6, 6.07) is 32.7. The van der Waals surface area contributed by atoms with Gasteiger partial charge in [0.1, 0.15) is 0 Å². The minimum absolute atomic E-state index is 0.0591. The Labute approximate surface area is 284 Å². The highest BCUT2D eigenvalue weighted by Crippen LogP contribution is 2.43. The fraction of sp³-hybridized carbons (Fsp3) is 0. The molecule has 3 aliphatic carbocycles. The molecule has 0 aliphatic heterocycles. The molecular weight excluding hydrogens is 628 g/mol. The van der Waals surface area contributed by atoms with E-state index in [1.165, 1.54) is 0 Å². The monoisotopic (exact) mass is 650 g/mol. The summed E-state index contributed by atoms with van der Waals surface area (Å²) in [5.41, 5.74) is 3.59. The van der Waals surface area contributed by atoms with Crippen LogP contribution in [-0.2, 0) is 0 Å². The number of hydrogen-bond donors (Lipinski definition) is 2. The number of hydrogen-bond acceptors (Lipinski definition) is 8. The zero-order valence-corrected chi connectivity index (χ0v) is 26.0. The predicted molar refractivity (Wildman–Crippen MR) is 186 cm³/mol. The first-order valence-electron chi connectivity index (χ1n) is 15.9. The van der Waals surface area contributed by atoms with E-state index in [9.17, 15) is 28.8 Å². The van der Waals surface area contributed by atoms with Gasteiger partial charge in [0.15, 0.2) is 34.7 Å². The molecule has 0 saturated carbocycles. The van der Waals surface area contributed by atoms with E-state index < -0.39 is 5.78 Å². The normalized spacial score (nSPS) is 13.8. The molecule has 8 nitrogen and oxygen atoms in total. The van der Waals surface area contributed by atoms with Crippen molar-refractivity contribution in [2.75, 3.05) is 10.6 Å². The molecule has 50 heavy (non-hydrogen) atoms. The van der Waals surface area contributed by atoms with E-state index in [-0.39, 0.29) is 95.9 Å². The molecule has 236 valence electrons. The summed E-state index contributed by atoms with van der Waals surface area (Å²) >= 11 is 0. The molecule has 0 saturated heterocycles. The fourth-order valence-corrected chi connectivity index (χ4v) is 7.20. The van der Waals surface area contributed by atoms with Crippen molar-refractivity contribution in [2.24, 2.45) is 0 Å². The van der Waals surface area contributed by atoms with Crippen LogP contribution in [0, 0.1) is 0 Å². The first-order chi connectivity index (χ1) is 24.3. The first kappa shape index (κ1) is 29.1. The Kier molecular flexibility index (Phi) is 6.25. The minimum atomic E-state index is -0.422. The number of fused-ring (bicyclic) bond motifs is 6. The number of anilines is 4. The molecule has 6 aromatic carbocycles. The van der Waals surface area contributed by atoms with Gasteiger partial charge in [0.05, 0.1) is 39.4 Å². The number of carbonyl (C=O) groups excluding carboxylic acids is 6. The highest BCUT2D eigenvalue weighted by atomic mass is 16.2. The van der Waals surface area contributed by atoms with Gasteiger partial charge in [-0.05, 0) is 24.3 Å². The third kappa shape index (κ3) is 4.05. The van der Waals surface area contributed by atoms with E-state index in [1.54, 1.807) is 121 Å². The standard InChI is InChI=1S/C42H22N2O6/c45-37-21-9-1-4-12-24(21)40(48)33-27(37)15-7-17-30(33)43-32-20-19-29-35(42(50)26-14-6-3-11-23(26)39(29)47)36(32)44-31-18-8-16-28-34(31)41(49)25-13-5-2-10-22(25)38(28)46/h1-20,43-44H. The molecule has 0 radical (unpaired) electrons. The molecule has 0 amide bonds. The van der Waals surface area contributed by atoms with Crippen molar-refractivity contribution in [3.8, 4) is 0 Å². The SMILES string of the molecule is O=C1c2ccccc2C(=O)c2c(Nc3ccc4c(c3Nc3cccc5c3C(=O)c3ccccc3C5=O)C(=O)c3ccccc3C4=O)cccc21. The molecule has 0 unspecified atom stereocenters. The third-order valence-electron chi connectivity index (χ3n) is 9.53. The number of benzene rings is 6. The number of rotatable bonds is 4. The average molecular weight is 651 g/mol. The fourth-order valence-electron chi connectivity index (χ4n) is 7.20. The number of ketones is 6. The molecule has 0 fully saturated rings. The van der Waals surface area contributed by atoms with Crippen LogP contribution < -0.4 is 10.6 Å². The maximum Gasteiger partial charge on any atom is 0.196 e. The second-order valence-corrected chi connectivity index (χ2v) is 12.2. The molecular formula is C42H22N2O6. The van der Waals surface area contributed by atoms with E-state index in [0.29, 0.717) is 22.5 Å². The van der Waals surface area contributed by atoms with Crippen molar-refractivity contribution in [3.05, 3.63) is 188 Å². The van der Waals surface area contributed by atoms with Gasteiger partial charge in [-0.15, -0.1) is 0 Å². The van der Waals surface area contributed by atoms with Crippen molar-refractivity contribution in [1.82, 2.24) is 0 Å². The molecule has 0 heterocycles. The van der Waals surface area contributed by atoms with Crippen LogP contribution >= 0.6 is 0 Å². The Hall–Kier alpha value is -7.06. The molecule has 3 aliphatic rings. The molecule has 2 N–H and O–H groups in total. The van der Waals surface area contributed by atoms with Crippen molar-refractivity contribution in [2.45, 2.75) is 0 Å². The van der Waals surface area contributed by atoms with Crippen molar-refractivity contribution in [1.29, 1.82) is 0 Å². The molecule has 9 rings (SSSR count). The zero-order valence-electron chi connectivity index (χ0n) is 26.0. The summed E-state index contributed by atoms with van der Waals surface area (Å²) in [4.78, 5) is 82.9. The van der Waals surface area contributed by atoms with Crippen LogP contribution in [0.2, 0.25) is 0 Å². The van der Waals surface area contributed by atoms with E-state index >= 15 is 0 Å². The largest absolute Gasteiger partial charge is 0.353 e. The summed E-state index contributed by atoms with van der Waals surface area (Å²) in [5.74, 6) is -2.09. The van der Waals surface area contributed by atoms with Crippen LogP contribution in [0.4, 0.5) is 22.7 Å². The average Bonchev–Trinajstić information content (AvgIpc) is 3.15. The van der Waals surface area contributed by atoms with Crippen molar-refractivity contribution >= 4 is 57.4 Å². The van der Waals surface area contributed by atoms with Crippen LogP contribution in [0.5, 0.6) is 0 Å². The van der Waals surface area contributed by atoms with E-state index in [0.717, 1.165) is 0 Å². The Balaban J connectivity index is 1.24. The Morgan fingerprint density at radius 2 is 0.600 bits per heavy atom. The molecule has 6 aromatic rings. The first-order valence-corrected chi connectivity index (χ1v) is 15.9. The van der Waals surface area contributed by atoms with Crippen LogP contribution in [0.3, 0.4) is 0 Å². The second-order valence-electron chi connectivity index (χ2n) is 12.2. The highest BCUT2D eigenvalue weighted by Gasteiger charge is 2.36. The maximum absolute atomic E-state index is 14.3. The van der Waals surface area contributed by atoms with E-state index in [4.69, 9.17) is 0 Å². The molecule has 0 spiro atoms.